The number of rotatable bonds is 3. The average Bonchev–Trinajstić information content (AvgIpc) is 1.61. The van der Waals surface area contributed by atoms with Crippen molar-refractivity contribution in [1.82, 2.24) is 0 Å². The standard InChI is InChI=1S/C4H9NO2.Rh/c5-3-1-2-4(6)7;/h1-3,5H2,(H,6,7);. The van der Waals surface area contributed by atoms with E-state index in [0.717, 1.165) is 0 Å². The van der Waals surface area contributed by atoms with Gasteiger partial charge in [-0.05, 0) is 13.0 Å². The van der Waals surface area contributed by atoms with Crippen molar-refractivity contribution < 1.29 is 29.4 Å². The first-order valence-corrected chi connectivity index (χ1v) is 2.19. The van der Waals surface area contributed by atoms with Gasteiger partial charge >= 0.3 is 5.97 Å². The molecule has 1 radical (unpaired) electrons. The Kier molecular flexibility index (Phi) is 9.64. The van der Waals surface area contributed by atoms with Gasteiger partial charge in [-0.25, -0.2) is 0 Å². The second-order valence-corrected chi connectivity index (χ2v) is 1.29. The summed E-state index contributed by atoms with van der Waals surface area (Å²) in [6.07, 6.45) is 0.770. The fourth-order valence-corrected chi connectivity index (χ4v) is 0.253. The molecule has 0 bridgehead atoms. The Balaban J connectivity index is 0. The van der Waals surface area contributed by atoms with Gasteiger partial charge in [0.2, 0.25) is 0 Å². The van der Waals surface area contributed by atoms with Gasteiger partial charge in [-0.3, -0.25) is 4.79 Å². The largest absolute Gasteiger partial charge is 0.481 e. The van der Waals surface area contributed by atoms with Gasteiger partial charge in [-0.15, -0.1) is 0 Å². The molecule has 0 aromatic rings. The molecule has 3 nitrogen and oxygen atoms in total. The summed E-state index contributed by atoms with van der Waals surface area (Å²) in [6, 6.07) is 0. The molecule has 0 aliphatic carbocycles. The van der Waals surface area contributed by atoms with E-state index in [-0.39, 0.29) is 25.9 Å². The number of hydrogen-bond donors (Lipinski definition) is 2. The number of nitrogens with two attached hydrogens (primary N) is 1. The summed E-state index contributed by atoms with van der Waals surface area (Å²) in [6.45, 7) is 0.465. The van der Waals surface area contributed by atoms with E-state index < -0.39 is 5.97 Å². The first kappa shape index (κ1) is 10.9. The molecule has 8 heavy (non-hydrogen) atoms. The van der Waals surface area contributed by atoms with E-state index in [1.165, 1.54) is 0 Å². The van der Waals surface area contributed by atoms with Gasteiger partial charge in [-0.2, -0.15) is 0 Å². The molecule has 0 unspecified atom stereocenters. The van der Waals surface area contributed by atoms with Crippen LogP contribution in [-0.2, 0) is 24.3 Å². The summed E-state index contributed by atoms with van der Waals surface area (Å²) < 4.78 is 0. The topological polar surface area (TPSA) is 63.3 Å². The van der Waals surface area contributed by atoms with E-state index in [0.29, 0.717) is 13.0 Å². The molecule has 0 aromatic carbocycles. The van der Waals surface area contributed by atoms with Gasteiger partial charge in [0.05, 0.1) is 0 Å². The van der Waals surface area contributed by atoms with Crippen molar-refractivity contribution in [3.63, 3.8) is 0 Å². The van der Waals surface area contributed by atoms with Crippen LogP contribution in [0.1, 0.15) is 12.8 Å². The number of hydrogen-bond acceptors (Lipinski definition) is 2. The second-order valence-electron chi connectivity index (χ2n) is 1.29. The third kappa shape index (κ3) is 9.41. The van der Waals surface area contributed by atoms with Crippen molar-refractivity contribution in [3.05, 3.63) is 0 Å². The zero-order chi connectivity index (χ0) is 5.70. The SMILES string of the molecule is NCCCC(=O)O.[Rh]. The van der Waals surface area contributed by atoms with E-state index in [4.69, 9.17) is 10.8 Å². The van der Waals surface area contributed by atoms with Gasteiger partial charge in [0, 0.05) is 25.9 Å². The summed E-state index contributed by atoms with van der Waals surface area (Å²) in [4.78, 5) is 9.70. The minimum atomic E-state index is -0.773. The van der Waals surface area contributed by atoms with E-state index in [9.17, 15) is 4.79 Å². The van der Waals surface area contributed by atoms with E-state index in [1.54, 1.807) is 0 Å². The molecule has 0 aromatic heterocycles. The maximum atomic E-state index is 9.70. The first-order chi connectivity index (χ1) is 3.27. The molecule has 0 amide bonds. The van der Waals surface area contributed by atoms with Crippen molar-refractivity contribution in [2.24, 2.45) is 5.73 Å². The molecule has 0 aliphatic heterocycles. The molecule has 0 rings (SSSR count). The molecule has 0 heterocycles. The van der Waals surface area contributed by atoms with Gasteiger partial charge < -0.3 is 10.8 Å². The van der Waals surface area contributed by atoms with Crippen molar-refractivity contribution >= 4 is 5.97 Å². The van der Waals surface area contributed by atoms with Gasteiger partial charge in [0.25, 0.3) is 0 Å². The van der Waals surface area contributed by atoms with Crippen LogP contribution >= 0.6 is 0 Å². The van der Waals surface area contributed by atoms with Crippen LogP contribution in [0, 0.1) is 0 Å². The summed E-state index contributed by atoms with van der Waals surface area (Å²) in [5, 5.41) is 7.99. The summed E-state index contributed by atoms with van der Waals surface area (Å²) in [5.41, 5.74) is 5.01. The molecular formula is C4H9NO2Rh. The molecule has 0 spiro atoms. The number of aliphatic carboxylic acids is 1. The molecule has 4 heteroatoms. The molecule has 51 valence electrons. The molecule has 0 fully saturated rings. The van der Waals surface area contributed by atoms with Crippen molar-refractivity contribution in [2.75, 3.05) is 6.54 Å². The van der Waals surface area contributed by atoms with Crippen LogP contribution in [0.4, 0.5) is 0 Å². The molecule has 0 atom stereocenters. The monoisotopic (exact) mass is 206 g/mol. The molecule has 0 saturated heterocycles. The predicted octanol–water partition coefficient (Wildman–Crippen LogP) is -0.193. The van der Waals surface area contributed by atoms with Crippen LogP contribution < -0.4 is 5.73 Å². The Morgan fingerprint density at radius 2 is 2.12 bits per heavy atom. The number of carbonyl (C=O) groups is 1. The zero-order valence-corrected chi connectivity index (χ0v) is 6.03. The summed E-state index contributed by atoms with van der Waals surface area (Å²) in [5.74, 6) is -0.773. The predicted molar refractivity (Wildman–Crippen MR) is 25.9 cm³/mol. The van der Waals surface area contributed by atoms with Gasteiger partial charge in [-0.1, -0.05) is 0 Å². The number of carboxylic acid groups (broad SMARTS) is 1. The third-order valence-corrected chi connectivity index (χ3v) is 0.595. The van der Waals surface area contributed by atoms with Crippen LogP contribution in [0.3, 0.4) is 0 Å². The average molecular weight is 206 g/mol. The smallest absolute Gasteiger partial charge is 0.303 e. The van der Waals surface area contributed by atoms with E-state index in [2.05, 4.69) is 0 Å². The summed E-state index contributed by atoms with van der Waals surface area (Å²) >= 11 is 0. The Morgan fingerprint density at radius 3 is 2.25 bits per heavy atom. The number of carboxylic acids is 1. The molecule has 3 N–H and O–H groups in total. The third-order valence-electron chi connectivity index (χ3n) is 0.595. The van der Waals surface area contributed by atoms with Crippen LogP contribution in [0.2, 0.25) is 0 Å². The van der Waals surface area contributed by atoms with Gasteiger partial charge in [0.15, 0.2) is 0 Å². The zero-order valence-electron chi connectivity index (χ0n) is 4.39. The fraction of sp³-hybridized carbons (Fsp3) is 0.750. The van der Waals surface area contributed by atoms with Crippen molar-refractivity contribution in [2.45, 2.75) is 12.8 Å². The normalized spacial score (nSPS) is 7.62. The first-order valence-electron chi connectivity index (χ1n) is 2.19. The van der Waals surface area contributed by atoms with E-state index >= 15 is 0 Å². The van der Waals surface area contributed by atoms with Crippen LogP contribution in [0.15, 0.2) is 0 Å². The maximum Gasteiger partial charge on any atom is 0.303 e. The Bertz CT molecular complexity index is 67.1. The minimum absolute atomic E-state index is 0. The molecule has 0 saturated carbocycles. The fourth-order valence-electron chi connectivity index (χ4n) is 0.253. The Hall–Kier alpha value is 0.0534. The maximum absolute atomic E-state index is 9.70. The summed E-state index contributed by atoms with van der Waals surface area (Å²) in [7, 11) is 0. The molecule has 0 aliphatic rings. The van der Waals surface area contributed by atoms with Crippen molar-refractivity contribution in [3.8, 4) is 0 Å². The quantitative estimate of drug-likeness (QED) is 0.629. The van der Waals surface area contributed by atoms with Gasteiger partial charge in [0.1, 0.15) is 0 Å². The molecular weight excluding hydrogens is 197 g/mol. The van der Waals surface area contributed by atoms with E-state index in [1.807, 2.05) is 0 Å². The van der Waals surface area contributed by atoms with Crippen molar-refractivity contribution in [1.29, 1.82) is 0 Å². The Morgan fingerprint density at radius 1 is 1.62 bits per heavy atom. The second kappa shape index (κ2) is 7.05. The minimum Gasteiger partial charge on any atom is -0.481 e. The van der Waals surface area contributed by atoms with Crippen LogP contribution in [0.25, 0.3) is 0 Å². The van der Waals surface area contributed by atoms with Crippen LogP contribution in [-0.4, -0.2) is 17.6 Å². The Labute approximate surface area is 61.0 Å². The van der Waals surface area contributed by atoms with Crippen LogP contribution in [0.5, 0.6) is 0 Å².